The molecule has 3 heterocycles. The lowest BCUT2D eigenvalue weighted by Gasteiger charge is -2.46. The van der Waals surface area contributed by atoms with Crippen LogP contribution in [0.1, 0.15) is 37.0 Å². The molecule has 0 aliphatic carbocycles. The number of aromatic nitrogens is 2. The maximum Gasteiger partial charge on any atom is 0.128 e. The number of aromatic amines is 2. The van der Waals surface area contributed by atoms with Crippen molar-refractivity contribution in [1.82, 2.24) is 9.97 Å². The highest BCUT2D eigenvalue weighted by atomic mass is 79.9. The zero-order valence-electron chi connectivity index (χ0n) is 19.1. The van der Waals surface area contributed by atoms with Gasteiger partial charge >= 0.3 is 0 Å². The minimum atomic E-state index is -0.457. The second-order valence-corrected chi connectivity index (χ2v) is 11.4. The van der Waals surface area contributed by atoms with Gasteiger partial charge in [-0.3, -0.25) is 0 Å². The average Bonchev–Trinajstić information content (AvgIpc) is 3.41. The van der Waals surface area contributed by atoms with Gasteiger partial charge in [-0.2, -0.15) is 0 Å². The molecule has 0 amide bonds. The van der Waals surface area contributed by atoms with Crippen LogP contribution in [0.15, 0.2) is 75.9 Å². The number of H-pyrrole nitrogens is 2. The summed E-state index contributed by atoms with van der Waals surface area (Å²) in [5, 5.41) is 2.39. The van der Waals surface area contributed by atoms with Gasteiger partial charge in [0.2, 0.25) is 0 Å². The quantitative estimate of drug-likeness (QED) is 0.227. The van der Waals surface area contributed by atoms with Gasteiger partial charge < -0.3 is 19.4 Å². The van der Waals surface area contributed by atoms with Crippen molar-refractivity contribution in [2.75, 3.05) is 7.11 Å². The first-order valence-corrected chi connectivity index (χ1v) is 12.8. The molecule has 2 aromatic heterocycles. The van der Waals surface area contributed by atoms with Crippen LogP contribution in [-0.2, 0) is 5.41 Å². The van der Waals surface area contributed by atoms with Gasteiger partial charge in [-0.25, -0.2) is 0 Å². The first-order chi connectivity index (χ1) is 16.3. The molecule has 0 saturated heterocycles. The number of hydrogen-bond donors (Lipinski definition) is 2. The largest absolute Gasteiger partial charge is 0.497 e. The molecule has 6 rings (SSSR count). The molecule has 0 fully saturated rings. The van der Waals surface area contributed by atoms with Gasteiger partial charge in [-0.15, -0.1) is 0 Å². The van der Waals surface area contributed by atoms with Crippen LogP contribution in [0.5, 0.6) is 11.5 Å². The molecular formula is C28H24Br2N2O2. The molecule has 3 aromatic carbocycles. The van der Waals surface area contributed by atoms with Gasteiger partial charge in [0.25, 0.3) is 0 Å². The molecule has 5 aromatic rings. The average molecular weight is 580 g/mol. The Morgan fingerprint density at radius 3 is 1.94 bits per heavy atom. The van der Waals surface area contributed by atoms with Crippen LogP contribution in [-0.4, -0.2) is 22.7 Å². The van der Waals surface area contributed by atoms with Crippen molar-refractivity contribution in [3.63, 3.8) is 0 Å². The van der Waals surface area contributed by atoms with Crippen molar-refractivity contribution in [3.8, 4) is 11.5 Å². The maximum atomic E-state index is 6.57. The maximum absolute atomic E-state index is 6.57. The number of hydrogen-bond acceptors (Lipinski definition) is 2. The molecule has 1 aliphatic rings. The first kappa shape index (κ1) is 21.8. The number of rotatable bonds is 3. The number of methoxy groups -OCH3 is 1. The Hall–Kier alpha value is -2.70. The third kappa shape index (κ3) is 3.23. The van der Waals surface area contributed by atoms with Crippen LogP contribution < -0.4 is 9.47 Å². The van der Waals surface area contributed by atoms with E-state index in [1.807, 2.05) is 12.1 Å². The SMILES string of the molecule is COc1ccc2c(c1)OC(C)(C)CC2(c1c[nH]c2ccc(Br)cc12)c1c[nH]c2ccc(Br)cc12. The van der Waals surface area contributed by atoms with Gasteiger partial charge in [0.15, 0.2) is 0 Å². The molecular weight excluding hydrogens is 556 g/mol. The van der Waals surface area contributed by atoms with E-state index in [-0.39, 0.29) is 0 Å². The van der Waals surface area contributed by atoms with Crippen LogP contribution in [0.4, 0.5) is 0 Å². The Bertz CT molecular complexity index is 1480. The van der Waals surface area contributed by atoms with Crippen molar-refractivity contribution in [2.24, 2.45) is 0 Å². The summed E-state index contributed by atoms with van der Waals surface area (Å²) in [5.41, 5.74) is 4.94. The molecule has 172 valence electrons. The monoisotopic (exact) mass is 578 g/mol. The van der Waals surface area contributed by atoms with E-state index in [9.17, 15) is 0 Å². The third-order valence-electron chi connectivity index (χ3n) is 6.93. The summed E-state index contributed by atoms with van der Waals surface area (Å²) in [4.78, 5) is 7.07. The van der Waals surface area contributed by atoms with Crippen molar-refractivity contribution in [3.05, 3.63) is 92.6 Å². The molecule has 0 bridgehead atoms. The molecule has 0 atom stereocenters. The Balaban J connectivity index is 1.78. The molecule has 0 radical (unpaired) electrons. The summed E-state index contributed by atoms with van der Waals surface area (Å²) in [6.45, 7) is 4.33. The van der Waals surface area contributed by atoms with Gasteiger partial charge in [0, 0.05) is 61.2 Å². The van der Waals surface area contributed by atoms with Crippen molar-refractivity contribution in [2.45, 2.75) is 31.3 Å². The molecule has 0 saturated carbocycles. The zero-order chi connectivity index (χ0) is 23.7. The first-order valence-electron chi connectivity index (χ1n) is 11.2. The van der Waals surface area contributed by atoms with Gasteiger partial charge in [0.05, 0.1) is 12.5 Å². The summed E-state index contributed by atoms with van der Waals surface area (Å²) in [6.07, 6.45) is 5.12. The van der Waals surface area contributed by atoms with Crippen LogP contribution in [0.2, 0.25) is 0 Å². The van der Waals surface area contributed by atoms with E-state index in [4.69, 9.17) is 9.47 Å². The summed E-state index contributed by atoms with van der Waals surface area (Å²) < 4.78 is 14.2. The number of ether oxygens (including phenoxy) is 2. The van der Waals surface area contributed by atoms with Gasteiger partial charge in [-0.1, -0.05) is 37.9 Å². The van der Waals surface area contributed by atoms with E-state index in [0.29, 0.717) is 0 Å². The fourth-order valence-electron chi connectivity index (χ4n) is 5.65. The summed E-state index contributed by atoms with van der Waals surface area (Å²) in [7, 11) is 1.69. The van der Waals surface area contributed by atoms with Crippen LogP contribution in [0.3, 0.4) is 0 Å². The third-order valence-corrected chi connectivity index (χ3v) is 7.92. The molecule has 0 unspecified atom stereocenters. The second kappa shape index (κ2) is 7.65. The van der Waals surface area contributed by atoms with Crippen molar-refractivity contribution >= 4 is 53.7 Å². The Morgan fingerprint density at radius 1 is 0.794 bits per heavy atom. The van der Waals surface area contributed by atoms with Gasteiger partial charge in [0.1, 0.15) is 17.1 Å². The topological polar surface area (TPSA) is 50.0 Å². The van der Waals surface area contributed by atoms with E-state index >= 15 is 0 Å². The standard InChI is InChI=1S/C28H24Br2N2O2/c1-27(2)15-28(21-7-6-18(33-3)12-26(21)34-27,22-13-31-24-8-4-16(29)10-19(22)24)23-14-32-25-9-5-17(30)11-20(23)25/h4-14,31-32H,15H2,1-3H3. The molecule has 4 nitrogen and oxygen atoms in total. The fourth-order valence-corrected chi connectivity index (χ4v) is 6.37. The van der Waals surface area contributed by atoms with Crippen LogP contribution >= 0.6 is 31.9 Å². The highest BCUT2D eigenvalue weighted by Gasteiger charge is 2.50. The lowest BCUT2D eigenvalue weighted by Crippen LogP contribution is -2.45. The number of nitrogens with one attached hydrogen (secondary N) is 2. The number of fused-ring (bicyclic) bond motifs is 3. The summed E-state index contributed by atoms with van der Waals surface area (Å²) >= 11 is 7.39. The number of halogens is 2. The molecule has 0 spiro atoms. The fraction of sp³-hybridized carbons (Fsp3) is 0.214. The van der Waals surface area contributed by atoms with E-state index in [1.54, 1.807) is 7.11 Å². The van der Waals surface area contributed by atoms with E-state index in [2.05, 4.69) is 111 Å². The Morgan fingerprint density at radius 2 is 1.38 bits per heavy atom. The minimum absolute atomic E-state index is 0.412. The Kier molecular flexibility index (Phi) is 4.91. The smallest absolute Gasteiger partial charge is 0.128 e. The molecule has 34 heavy (non-hydrogen) atoms. The molecule has 1 aliphatic heterocycles. The Labute approximate surface area is 214 Å². The summed E-state index contributed by atoms with van der Waals surface area (Å²) in [5.74, 6) is 1.64. The van der Waals surface area contributed by atoms with Crippen molar-refractivity contribution < 1.29 is 9.47 Å². The second-order valence-electron chi connectivity index (χ2n) is 9.59. The van der Waals surface area contributed by atoms with E-state index in [1.165, 1.54) is 21.9 Å². The van der Waals surface area contributed by atoms with E-state index in [0.717, 1.165) is 43.5 Å². The predicted octanol–water partition coefficient (Wildman–Crippen LogP) is 8.08. The van der Waals surface area contributed by atoms with Crippen molar-refractivity contribution in [1.29, 1.82) is 0 Å². The lowest BCUT2D eigenvalue weighted by atomic mass is 9.62. The van der Waals surface area contributed by atoms with Gasteiger partial charge in [-0.05, 0) is 67.4 Å². The normalized spacial score (nSPS) is 16.4. The predicted molar refractivity (Wildman–Crippen MR) is 144 cm³/mol. The highest BCUT2D eigenvalue weighted by molar-refractivity contribution is 9.10. The molecule has 2 N–H and O–H groups in total. The molecule has 6 heteroatoms. The number of benzene rings is 3. The zero-order valence-corrected chi connectivity index (χ0v) is 22.3. The summed E-state index contributed by atoms with van der Waals surface area (Å²) in [6, 6.07) is 19.0. The highest BCUT2D eigenvalue weighted by Crippen LogP contribution is 2.56. The minimum Gasteiger partial charge on any atom is -0.497 e. The van der Waals surface area contributed by atoms with E-state index < -0.39 is 11.0 Å². The lowest BCUT2D eigenvalue weighted by molar-refractivity contribution is 0.0630. The van der Waals surface area contributed by atoms with Crippen LogP contribution in [0.25, 0.3) is 21.8 Å². The van der Waals surface area contributed by atoms with Crippen LogP contribution in [0, 0.1) is 0 Å².